The van der Waals surface area contributed by atoms with Crippen molar-refractivity contribution in [3.63, 3.8) is 0 Å². The third-order valence-electron chi connectivity index (χ3n) is 3.89. The molecule has 23 heavy (non-hydrogen) atoms. The number of carboxylic acids is 1. The van der Waals surface area contributed by atoms with Gasteiger partial charge in [-0.1, -0.05) is 36.8 Å². The fourth-order valence-corrected chi connectivity index (χ4v) is 2.91. The Bertz CT molecular complexity index is 865. The molecule has 0 aliphatic rings. The first-order chi connectivity index (χ1) is 11.1. The molecular formula is C19H20N2O2. The fraction of sp³-hybridized carbons (Fsp3) is 0.263. The van der Waals surface area contributed by atoms with Gasteiger partial charge >= 0.3 is 5.97 Å². The molecule has 118 valence electrons. The van der Waals surface area contributed by atoms with Gasteiger partial charge in [0.1, 0.15) is 5.82 Å². The second-order valence-electron chi connectivity index (χ2n) is 5.85. The van der Waals surface area contributed by atoms with Crippen LogP contribution in [0.3, 0.4) is 0 Å². The molecule has 0 saturated heterocycles. The summed E-state index contributed by atoms with van der Waals surface area (Å²) in [5, 5.41) is 8.97. The van der Waals surface area contributed by atoms with E-state index in [0.29, 0.717) is 0 Å². The number of aryl methyl sites for hydroxylation is 2. The van der Waals surface area contributed by atoms with Gasteiger partial charge in [-0.15, -0.1) is 0 Å². The van der Waals surface area contributed by atoms with Gasteiger partial charge in [-0.25, -0.2) is 4.98 Å². The number of carbonyl (C=O) groups is 1. The van der Waals surface area contributed by atoms with E-state index in [1.807, 2.05) is 24.3 Å². The first-order valence-corrected chi connectivity index (χ1v) is 7.86. The van der Waals surface area contributed by atoms with Gasteiger partial charge in [0.15, 0.2) is 0 Å². The molecule has 0 saturated carbocycles. The Hall–Kier alpha value is -2.62. The number of rotatable bonds is 5. The highest BCUT2D eigenvalue weighted by atomic mass is 16.4. The van der Waals surface area contributed by atoms with Crippen LogP contribution in [-0.4, -0.2) is 20.6 Å². The molecule has 1 aromatic heterocycles. The molecule has 4 heteroatoms. The van der Waals surface area contributed by atoms with Crippen LogP contribution in [0.1, 0.15) is 24.5 Å². The lowest BCUT2D eigenvalue weighted by Gasteiger charge is -2.08. The van der Waals surface area contributed by atoms with Crippen molar-refractivity contribution >= 4 is 17.0 Å². The average molecular weight is 308 g/mol. The lowest BCUT2D eigenvalue weighted by atomic mass is 10.1. The highest BCUT2D eigenvalue weighted by molar-refractivity contribution is 5.82. The van der Waals surface area contributed by atoms with Gasteiger partial charge in [-0.3, -0.25) is 4.79 Å². The van der Waals surface area contributed by atoms with E-state index >= 15 is 0 Å². The summed E-state index contributed by atoms with van der Waals surface area (Å²) >= 11 is 0. The summed E-state index contributed by atoms with van der Waals surface area (Å²) in [7, 11) is 0. The minimum absolute atomic E-state index is 0.0242. The SMILES string of the molecule is CCCn1c(-c2cccc(C)c2)nc2cc(CC(=O)O)ccc21. The topological polar surface area (TPSA) is 55.1 Å². The van der Waals surface area contributed by atoms with Crippen LogP contribution in [0.5, 0.6) is 0 Å². The van der Waals surface area contributed by atoms with Crippen molar-refractivity contribution in [2.24, 2.45) is 0 Å². The number of hydrogen-bond acceptors (Lipinski definition) is 2. The molecule has 4 nitrogen and oxygen atoms in total. The molecule has 2 aromatic carbocycles. The predicted octanol–water partition coefficient (Wildman–Crippen LogP) is 4.05. The van der Waals surface area contributed by atoms with E-state index in [4.69, 9.17) is 10.1 Å². The van der Waals surface area contributed by atoms with Crippen molar-refractivity contribution in [1.82, 2.24) is 9.55 Å². The smallest absolute Gasteiger partial charge is 0.307 e. The van der Waals surface area contributed by atoms with Gasteiger partial charge in [0.25, 0.3) is 0 Å². The molecule has 0 amide bonds. The average Bonchev–Trinajstić information content (AvgIpc) is 2.85. The maximum atomic E-state index is 10.9. The Morgan fingerprint density at radius 1 is 1.22 bits per heavy atom. The molecule has 3 aromatic rings. The maximum absolute atomic E-state index is 10.9. The molecule has 1 heterocycles. The molecule has 0 aliphatic carbocycles. The maximum Gasteiger partial charge on any atom is 0.307 e. The molecule has 0 bridgehead atoms. The monoisotopic (exact) mass is 308 g/mol. The largest absolute Gasteiger partial charge is 0.481 e. The molecule has 0 radical (unpaired) electrons. The Balaban J connectivity index is 2.16. The van der Waals surface area contributed by atoms with Gasteiger partial charge in [0, 0.05) is 12.1 Å². The number of hydrogen-bond donors (Lipinski definition) is 1. The number of fused-ring (bicyclic) bond motifs is 1. The summed E-state index contributed by atoms with van der Waals surface area (Å²) in [6.07, 6.45) is 1.04. The number of aromatic nitrogens is 2. The minimum atomic E-state index is -0.823. The first kappa shape index (κ1) is 15.3. The zero-order valence-electron chi connectivity index (χ0n) is 13.4. The van der Waals surface area contributed by atoms with Crippen LogP contribution in [0.25, 0.3) is 22.4 Å². The highest BCUT2D eigenvalue weighted by Gasteiger charge is 2.13. The van der Waals surface area contributed by atoms with E-state index < -0.39 is 5.97 Å². The van der Waals surface area contributed by atoms with E-state index in [1.165, 1.54) is 5.56 Å². The van der Waals surface area contributed by atoms with Crippen LogP contribution < -0.4 is 0 Å². The quantitative estimate of drug-likeness (QED) is 0.773. The fourth-order valence-electron chi connectivity index (χ4n) is 2.91. The molecular weight excluding hydrogens is 288 g/mol. The normalized spacial score (nSPS) is 11.0. The van der Waals surface area contributed by atoms with Crippen molar-refractivity contribution < 1.29 is 9.90 Å². The van der Waals surface area contributed by atoms with E-state index in [2.05, 4.69) is 36.6 Å². The van der Waals surface area contributed by atoms with Crippen molar-refractivity contribution in [1.29, 1.82) is 0 Å². The molecule has 1 N–H and O–H groups in total. The van der Waals surface area contributed by atoms with Gasteiger partial charge in [0.2, 0.25) is 0 Å². The Morgan fingerprint density at radius 2 is 2.04 bits per heavy atom. The number of carboxylic acid groups (broad SMARTS) is 1. The van der Waals surface area contributed by atoms with E-state index in [-0.39, 0.29) is 6.42 Å². The third-order valence-corrected chi connectivity index (χ3v) is 3.89. The van der Waals surface area contributed by atoms with Crippen molar-refractivity contribution in [3.05, 3.63) is 53.6 Å². The Kier molecular flexibility index (Phi) is 4.15. The molecule has 3 rings (SSSR count). The Labute approximate surface area is 135 Å². The molecule has 0 atom stereocenters. The van der Waals surface area contributed by atoms with Crippen LogP contribution in [0, 0.1) is 6.92 Å². The van der Waals surface area contributed by atoms with Gasteiger partial charge in [-0.05, 0) is 37.1 Å². The standard InChI is InChI=1S/C19H20N2O2/c1-3-9-21-17-8-7-14(12-18(22)23)11-16(17)20-19(21)15-6-4-5-13(2)10-15/h4-8,10-11H,3,9,12H2,1-2H3,(H,22,23). The van der Waals surface area contributed by atoms with Gasteiger partial charge in [0.05, 0.1) is 17.5 Å². The van der Waals surface area contributed by atoms with E-state index in [0.717, 1.165) is 41.0 Å². The molecule has 0 spiro atoms. The summed E-state index contributed by atoms with van der Waals surface area (Å²) < 4.78 is 2.22. The number of nitrogens with zero attached hydrogens (tertiary/aromatic N) is 2. The number of imidazole rings is 1. The van der Waals surface area contributed by atoms with Crippen LogP contribution in [0.4, 0.5) is 0 Å². The van der Waals surface area contributed by atoms with Crippen molar-refractivity contribution in [2.45, 2.75) is 33.2 Å². The van der Waals surface area contributed by atoms with Crippen LogP contribution in [-0.2, 0) is 17.8 Å². The van der Waals surface area contributed by atoms with E-state index in [1.54, 1.807) is 0 Å². The highest BCUT2D eigenvalue weighted by Crippen LogP contribution is 2.26. The Morgan fingerprint density at radius 3 is 2.74 bits per heavy atom. The zero-order chi connectivity index (χ0) is 16.4. The van der Waals surface area contributed by atoms with Crippen molar-refractivity contribution in [3.8, 4) is 11.4 Å². The summed E-state index contributed by atoms with van der Waals surface area (Å²) in [4.78, 5) is 15.7. The lowest BCUT2D eigenvalue weighted by Crippen LogP contribution is -2.01. The summed E-state index contributed by atoms with van der Waals surface area (Å²) in [5.74, 6) is 0.120. The first-order valence-electron chi connectivity index (χ1n) is 7.86. The molecule has 0 aliphatic heterocycles. The second kappa shape index (κ2) is 6.24. The summed E-state index contributed by atoms with van der Waals surface area (Å²) in [5.41, 5.74) is 4.98. The van der Waals surface area contributed by atoms with Crippen LogP contribution >= 0.6 is 0 Å². The van der Waals surface area contributed by atoms with Crippen LogP contribution in [0.2, 0.25) is 0 Å². The predicted molar refractivity (Wildman–Crippen MR) is 91.5 cm³/mol. The number of aliphatic carboxylic acids is 1. The number of benzene rings is 2. The molecule has 0 unspecified atom stereocenters. The van der Waals surface area contributed by atoms with Gasteiger partial charge in [-0.2, -0.15) is 0 Å². The van der Waals surface area contributed by atoms with Gasteiger partial charge < -0.3 is 9.67 Å². The van der Waals surface area contributed by atoms with E-state index in [9.17, 15) is 4.79 Å². The second-order valence-corrected chi connectivity index (χ2v) is 5.85. The van der Waals surface area contributed by atoms with Crippen molar-refractivity contribution in [2.75, 3.05) is 0 Å². The minimum Gasteiger partial charge on any atom is -0.481 e. The zero-order valence-corrected chi connectivity index (χ0v) is 13.4. The summed E-state index contributed by atoms with van der Waals surface area (Å²) in [6.45, 7) is 5.10. The third kappa shape index (κ3) is 3.11. The lowest BCUT2D eigenvalue weighted by molar-refractivity contribution is -0.136. The van der Waals surface area contributed by atoms with Crippen LogP contribution in [0.15, 0.2) is 42.5 Å². The summed E-state index contributed by atoms with van der Waals surface area (Å²) in [6, 6.07) is 14.1. The molecule has 0 fully saturated rings.